The SMILES string of the molecule is COc1ccc(N)c(OCc2ccc(C(N)=O)cc2C)c1. The summed E-state index contributed by atoms with van der Waals surface area (Å²) < 4.78 is 10.9. The number of carbonyl (C=O) groups is 1. The normalized spacial score (nSPS) is 10.2. The molecule has 4 N–H and O–H groups in total. The molecule has 0 saturated heterocycles. The van der Waals surface area contributed by atoms with Gasteiger partial charge in [0.05, 0.1) is 12.8 Å². The van der Waals surface area contributed by atoms with E-state index in [9.17, 15) is 4.79 Å². The van der Waals surface area contributed by atoms with Gasteiger partial charge >= 0.3 is 0 Å². The Bertz CT molecular complexity index is 669. The highest BCUT2D eigenvalue weighted by Crippen LogP contribution is 2.27. The Balaban J connectivity index is 2.15. The van der Waals surface area contributed by atoms with E-state index in [-0.39, 0.29) is 0 Å². The third-order valence-corrected chi connectivity index (χ3v) is 3.23. The smallest absolute Gasteiger partial charge is 0.248 e. The number of methoxy groups -OCH3 is 1. The Hall–Kier alpha value is -2.69. The summed E-state index contributed by atoms with van der Waals surface area (Å²) in [5.41, 5.74) is 14.0. The molecule has 0 atom stereocenters. The largest absolute Gasteiger partial charge is 0.497 e. The highest BCUT2D eigenvalue weighted by atomic mass is 16.5. The lowest BCUT2D eigenvalue weighted by Crippen LogP contribution is -2.11. The fourth-order valence-electron chi connectivity index (χ4n) is 1.93. The Labute approximate surface area is 123 Å². The van der Waals surface area contributed by atoms with Crippen molar-refractivity contribution in [2.45, 2.75) is 13.5 Å². The number of anilines is 1. The summed E-state index contributed by atoms with van der Waals surface area (Å²) in [6, 6.07) is 10.5. The van der Waals surface area contributed by atoms with Crippen molar-refractivity contribution >= 4 is 11.6 Å². The number of ether oxygens (including phenoxy) is 2. The van der Waals surface area contributed by atoms with Gasteiger partial charge in [0.2, 0.25) is 5.91 Å². The monoisotopic (exact) mass is 286 g/mol. The van der Waals surface area contributed by atoms with Gasteiger partial charge in [0.1, 0.15) is 18.1 Å². The molecule has 21 heavy (non-hydrogen) atoms. The van der Waals surface area contributed by atoms with Crippen molar-refractivity contribution in [2.75, 3.05) is 12.8 Å². The quantitative estimate of drug-likeness (QED) is 0.825. The van der Waals surface area contributed by atoms with Crippen molar-refractivity contribution in [1.82, 2.24) is 0 Å². The van der Waals surface area contributed by atoms with Crippen LogP contribution in [0.3, 0.4) is 0 Å². The number of nitrogens with two attached hydrogens (primary N) is 2. The van der Waals surface area contributed by atoms with Crippen LogP contribution in [0, 0.1) is 6.92 Å². The maximum Gasteiger partial charge on any atom is 0.248 e. The summed E-state index contributed by atoms with van der Waals surface area (Å²) >= 11 is 0. The van der Waals surface area contributed by atoms with E-state index in [0.717, 1.165) is 11.1 Å². The molecule has 0 unspecified atom stereocenters. The number of carbonyl (C=O) groups excluding carboxylic acids is 1. The van der Waals surface area contributed by atoms with E-state index in [1.807, 2.05) is 13.0 Å². The number of rotatable bonds is 5. The highest BCUT2D eigenvalue weighted by Gasteiger charge is 2.07. The van der Waals surface area contributed by atoms with Crippen LogP contribution in [0.5, 0.6) is 11.5 Å². The summed E-state index contributed by atoms with van der Waals surface area (Å²) in [4.78, 5) is 11.1. The number of primary amides is 1. The van der Waals surface area contributed by atoms with Crippen LogP contribution in [0.2, 0.25) is 0 Å². The first-order chi connectivity index (χ1) is 10.0. The topological polar surface area (TPSA) is 87.6 Å². The van der Waals surface area contributed by atoms with Crippen LogP contribution in [-0.4, -0.2) is 13.0 Å². The molecule has 110 valence electrons. The minimum atomic E-state index is -0.442. The predicted octanol–water partition coefficient (Wildman–Crippen LogP) is 2.26. The van der Waals surface area contributed by atoms with E-state index in [1.165, 1.54) is 0 Å². The number of amides is 1. The summed E-state index contributed by atoms with van der Waals surface area (Å²) in [5, 5.41) is 0. The maximum atomic E-state index is 11.1. The molecule has 0 saturated carbocycles. The molecule has 5 heteroatoms. The lowest BCUT2D eigenvalue weighted by molar-refractivity contribution is 0.1000. The molecule has 2 aromatic carbocycles. The average molecular weight is 286 g/mol. The van der Waals surface area contributed by atoms with Crippen LogP contribution in [0.15, 0.2) is 36.4 Å². The van der Waals surface area contributed by atoms with Crippen molar-refractivity contribution in [3.63, 3.8) is 0 Å². The lowest BCUT2D eigenvalue weighted by atomic mass is 10.1. The van der Waals surface area contributed by atoms with Gasteiger partial charge in [-0.15, -0.1) is 0 Å². The Morgan fingerprint density at radius 3 is 2.57 bits per heavy atom. The first-order valence-corrected chi connectivity index (χ1v) is 6.47. The van der Waals surface area contributed by atoms with Crippen LogP contribution in [0.25, 0.3) is 0 Å². The predicted molar refractivity (Wildman–Crippen MR) is 81.4 cm³/mol. The van der Waals surface area contributed by atoms with Crippen LogP contribution >= 0.6 is 0 Å². The summed E-state index contributed by atoms with van der Waals surface area (Å²) in [7, 11) is 1.59. The van der Waals surface area contributed by atoms with Crippen molar-refractivity contribution in [2.24, 2.45) is 5.73 Å². The number of hydrogen-bond donors (Lipinski definition) is 2. The zero-order chi connectivity index (χ0) is 15.4. The fraction of sp³-hybridized carbons (Fsp3) is 0.188. The molecule has 1 amide bonds. The molecule has 0 spiro atoms. The molecule has 0 aliphatic rings. The van der Waals surface area contributed by atoms with Crippen molar-refractivity contribution in [1.29, 1.82) is 0 Å². The molecule has 0 heterocycles. The minimum absolute atomic E-state index is 0.349. The van der Waals surface area contributed by atoms with Gasteiger partial charge in [-0.25, -0.2) is 0 Å². The maximum absolute atomic E-state index is 11.1. The van der Waals surface area contributed by atoms with Crippen molar-refractivity contribution in [3.8, 4) is 11.5 Å². The molecule has 2 aromatic rings. The third kappa shape index (κ3) is 3.45. The Morgan fingerprint density at radius 2 is 1.95 bits per heavy atom. The van der Waals surface area contributed by atoms with Gasteiger partial charge in [-0.2, -0.15) is 0 Å². The van der Waals surface area contributed by atoms with Crippen molar-refractivity contribution < 1.29 is 14.3 Å². The molecule has 0 aliphatic carbocycles. The Morgan fingerprint density at radius 1 is 1.19 bits per heavy atom. The van der Waals surface area contributed by atoms with Gasteiger partial charge in [0, 0.05) is 11.6 Å². The average Bonchev–Trinajstić information content (AvgIpc) is 2.47. The first kappa shape index (κ1) is 14.7. The second kappa shape index (κ2) is 6.17. The molecule has 0 bridgehead atoms. The zero-order valence-corrected chi connectivity index (χ0v) is 12.1. The van der Waals surface area contributed by atoms with Crippen LogP contribution in [0.4, 0.5) is 5.69 Å². The first-order valence-electron chi connectivity index (χ1n) is 6.47. The van der Waals surface area contributed by atoms with Crippen LogP contribution < -0.4 is 20.9 Å². The van der Waals surface area contributed by atoms with Crippen LogP contribution in [0.1, 0.15) is 21.5 Å². The van der Waals surface area contributed by atoms with Gasteiger partial charge in [0.25, 0.3) is 0 Å². The van der Waals surface area contributed by atoms with E-state index in [1.54, 1.807) is 37.4 Å². The molecule has 0 radical (unpaired) electrons. The number of hydrogen-bond acceptors (Lipinski definition) is 4. The Kier molecular flexibility index (Phi) is 4.33. The van der Waals surface area contributed by atoms with E-state index < -0.39 is 5.91 Å². The highest BCUT2D eigenvalue weighted by molar-refractivity contribution is 5.93. The lowest BCUT2D eigenvalue weighted by Gasteiger charge is -2.12. The molecular formula is C16H18N2O3. The molecule has 0 fully saturated rings. The van der Waals surface area contributed by atoms with E-state index in [0.29, 0.717) is 29.4 Å². The number of nitrogen functional groups attached to an aromatic ring is 1. The van der Waals surface area contributed by atoms with Gasteiger partial charge < -0.3 is 20.9 Å². The fourth-order valence-corrected chi connectivity index (χ4v) is 1.93. The summed E-state index contributed by atoms with van der Waals surface area (Å²) in [6.07, 6.45) is 0. The molecule has 2 rings (SSSR count). The second-order valence-electron chi connectivity index (χ2n) is 4.70. The van der Waals surface area contributed by atoms with Gasteiger partial charge in [-0.05, 0) is 42.3 Å². The van der Waals surface area contributed by atoms with Crippen LogP contribution in [-0.2, 0) is 6.61 Å². The molecule has 0 aliphatic heterocycles. The molecular weight excluding hydrogens is 268 g/mol. The standard InChI is InChI=1S/C16H18N2O3/c1-10-7-11(16(18)19)3-4-12(10)9-21-15-8-13(20-2)5-6-14(15)17/h3-8H,9,17H2,1-2H3,(H2,18,19). The molecule has 0 aromatic heterocycles. The van der Waals surface area contributed by atoms with E-state index >= 15 is 0 Å². The van der Waals surface area contributed by atoms with Gasteiger partial charge in [0.15, 0.2) is 0 Å². The summed E-state index contributed by atoms with van der Waals surface area (Å²) in [5.74, 6) is 0.801. The summed E-state index contributed by atoms with van der Waals surface area (Å²) in [6.45, 7) is 2.25. The molecule has 5 nitrogen and oxygen atoms in total. The number of benzene rings is 2. The van der Waals surface area contributed by atoms with Gasteiger partial charge in [-0.3, -0.25) is 4.79 Å². The second-order valence-corrected chi connectivity index (χ2v) is 4.70. The van der Waals surface area contributed by atoms with E-state index in [4.69, 9.17) is 20.9 Å². The zero-order valence-electron chi connectivity index (χ0n) is 12.1. The number of aryl methyl sites for hydroxylation is 1. The van der Waals surface area contributed by atoms with E-state index in [2.05, 4.69) is 0 Å². The third-order valence-electron chi connectivity index (χ3n) is 3.23. The van der Waals surface area contributed by atoms with Crippen molar-refractivity contribution in [3.05, 3.63) is 53.1 Å². The minimum Gasteiger partial charge on any atom is -0.497 e. The van der Waals surface area contributed by atoms with Gasteiger partial charge in [-0.1, -0.05) is 6.07 Å².